The van der Waals surface area contributed by atoms with Gasteiger partial charge in [-0.3, -0.25) is 4.68 Å². The van der Waals surface area contributed by atoms with Crippen LogP contribution in [0.2, 0.25) is 0 Å². The van der Waals surface area contributed by atoms with E-state index in [9.17, 15) is 4.79 Å². The summed E-state index contributed by atoms with van der Waals surface area (Å²) < 4.78 is 1.89. The number of carbonyl (C=O) groups is 1. The molecule has 0 fully saturated rings. The van der Waals surface area contributed by atoms with Gasteiger partial charge < -0.3 is 10.0 Å². The van der Waals surface area contributed by atoms with E-state index in [0.29, 0.717) is 0 Å². The summed E-state index contributed by atoms with van der Waals surface area (Å²) in [6.45, 7) is 1.65. The molecule has 17 heavy (non-hydrogen) atoms. The zero-order chi connectivity index (χ0) is 12.4. The lowest BCUT2D eigenvalue weighted by atomic mass is 9.96. The molecule has 0 aromatic carbocycles. The lowest BCUT2D eigenvalue weighted by Gasteiger charge is -2.15. The molecule has 94 valence electrons. The standard InChI is InChI=1S/C12H19N3O2/c1-14(2)7-8-15-10-6-4-3-5-9(10)11(13-15)12(16)17/h3-8H2,1-2H3,(H,16,17). The highest BCUT2D eigenvalue weighted by molar-refractivity contribution is 5.87. The minimum atomic E-state index is -0.897. The van der Waals surface area contributed by atoms with E-state index < -0.39 is 5.97 Å². The van der Waals surface area contributed by atoms with Gasteiger partial charge in [-0.1, -0.05) is 0 Å². The summed E-state index contributed by atoms with van der Waals surface area (Å²) in [7, 11) is 4.02. The molecule has 0 saturated heterocycles. The summed E-state index contributed by atoms with van der Waals surface area (Å²) in [6, 6.07) is 0. The third-order valence-electron chi connectivity index (χ3n) is 3.22. The smallest absolute Gasteiger partial charge is 0.356 e. The number of nitrogens with zero attached hydrogens (tertiary/aromatic N) is 3. The topological polar surface area (TPSA) is 58.4 Å². The summed E-state index contributed by atoms with van der Waals surface area (Å²) in [6.07, 6.45) is 4.04. The fourth-order valence-electron chi connectivity index (χ4n) is 2.32. The molecule has 0 amide bonds. The number of hydrogen-bond acceptors (Lipinski definition) is 3. The first-order valence-corrected chi connectivity index (χ1v) is 6.06. The van der Waals surface area contributed by atoms with Gasteiger partial charge in [0.1, 0.15) is 0 Å². The number of fused-ring (bicyclic) bond motifs is 1. The number of aromatic nitrogens is 2. The van der Waals surface area contributed by atoms with Crippen LogP contribution in [0.3, 0.4) is 0 Å². The second kappa shape index (κ2) is 4.87. The van der Waals surface area contributed by atoms with Crippen LogP contribution in [0.4, 0.5) is 0 Å². The molecule has 5 nitrogen and oxygen atoms in total. The highest BCUT2D eigenvalue weighted by Gasteiger charge is 2.24. The minimum Gasteiger partial charge on any atom is -0.476 e. The van der Waals surface area contributed by atoms with Crippen LogP contribution in [0.5, 0.6) is 0 Å². The molecule has 1 aliphatic rings. The summed E-state index contributed by atoms with van der Waals surface area (Å²) in [4.78, 5) is 13.2. The van der Waals surface area contributed by atoms with Gasteiger partial charge in [0.15, 0.2) is 5.69 Å². The van der Waals surface area contributed by atoms with Gasteiger partial charge >= 0.3 is 5.97 Å². The van der Waals surface area contributed by atoms with Gasteiger partial charge in [0.05, 0.1) is 6.54 Å². The number of rotatable bonds is 4. The average Bonchev–Trinajstić information content (AvgIpc) is 2.65. The van der Waals surface area contributed by atoms with E-state index in [4.69, 9.17) is 5.11 Å². The zero-order valence-corrected chi connectivity index (χ0v) is 10.4. The maximum atomic E-state index is 11.1. The van der Waals surface area contributed by atoms with Crippen LogP contribution in [0.25, 0.3) is 0 Å². The molecule has 0 atom stereocenters. The monoisotopic (exact) mass is 237 g/mol. The van der Waals surface area contributed by atoms with Crippen molar-refractivity contribution in [1.82, 2.24) is 14.7 Å². The Hall–Kier alpha value is -1.36. The van der Waals surface area contributed by atoms with Crippen LogP contribution in [0, 0.1) is 0 Å². The van der Waals surface area contributed by atoms with Crippen LogP contribution in [0.1, 0.15) is 34.6 Å². The van der Waals surface area contributed by atoms with E-state index in [-0.39, 0.29) is 5.69 Å². The Balaban J connectivity index is 2.29. The van der Waals surface area contributed by atoms with E-state index in [1.807, 2.05) is 18.8 Å². The lowest BCUT2D eigenvalue weighted by molar-refractivity contribution is 0.0688. The Bertz CT molecular complexity index is 424. The Morgan fingerprint density at radius 2 is 2.12 bits per heavy atom. The van der Waals surface area contributed by atoms with Crippen molar-refractivity contribution in [2.45, 2.75) is 32.2 Å². The Morgan fingerprint density at radius 3 is 2.76 bits per heavy atom. The van der Waals surface area contributed by atoms with Gasteiger partial charge in [-0.15, -0.1) is 0 Å². The van der Waals surface area contributed by atoms with Gasteiger partial charge in [-0.25, -0.2) is 4.79 Å². The van der Waals surface area contributed by atoms with Crippen molar-refractivity contribution in [3.8, 4) is 0 Å². The van der Waals surface area contributed by atoms with Crippen LogP contribution in [-0.4, -0.2) is 46.4 Å². The number of aromatic carboxylic acids is 1. The van der Waals surface area contributed by atoms with Crippen molar-refractivity contribution in [3.05, 3.63) is 17.0 Å². The molecule has 0 bridgehead atoms. The maximum absolute atomic E-state index is 11.1. The SMILES string of the molecule is CN(C)CCn1nc(C(=O)O)c2c1CCCC2. The van der Waals surface area contributed by atoms with E-state index in [1.165, 1.54) is 0 Å². The van der Waals surface area contributed by atoms with E-state index >= 15 is 0 Å². The average molecular weight is 237 g/mol. The lowest BCUT2D eigenvalue weighted by Crippen LogP contribution is -2.21. The van der Waals surface area contributed by atoms with Gasteiger partial charge in [0.2, 0.25) is 0 Å². The van der Waals surface area contributed by atoms with Gasteiger partial charge in [-0.2, -0.15) is 5.10 Å². The quantitative estimate of drug-likeness (QED) is 0.849. The van der Waals surface area contributed by atoms with Gasteiger partial charge in [0.25, 0.3) is 0 Å². The van der Waals surface area contributed by atoms with Crippen LogP contribution < -0.4 is 0 Å². The molecular weight excluding hydrogens is 218 g/mol. The molecule has 1 heterocycles. The summed E-state index contributed by atoms with van der Waals surface area (Å²) in [5, 5.41) is 13.4. The fraction of sp³-hybridized carbons (Fsp3) is 0.667. The minimum absolute atomic E-state index is 0.262. The largest absolute Gasteiger partial charge is 0.476 e. The Morgan fingerprint density at radius 1 is 1.41 bits per heavy atom. The fourth-order valence-corrected chi connectivity index (χ4v) is 2.32. The molecule has 2 rings (SSSR count). The van der Waals surface area contributed by atoms with Crippen LogP contribution >= 0.6 is 0 Å². The van der Waals surface area contributed by atoms with Crippen molar-refractivity contribution in [3.63, 3.8) is 0 Å². The van der Waals surface area contributed by atoms with E-state index in [1.54, 1.807) is 0 Å². The number of hydrogen-bond donors (Lipinski definition) is 1. The molecular formula is C12H19N3O2. The number of likely N-dealkylation sites (N-methyl/N-ethyl adjacent to an activating group) is 1. The normalized spacial score (nSPS) is 15.0. The highest BCUT2D eigenvalue weighted by Crippen LogP contribution is 2.24. The molecule has 1 aromatic heterocycles. The van der Waals surface area contributed by atoms with Crippen LogP contribution in [-0.2, 0) is 19.4 Å². The zero-order valence-electron chi connectivity index (χ0n) is 10.4. The van der Waals surface area contributed by atoms with Crippen molar-refractivity contribution >= 4 is 5.97 Å². The predicted molar refractivity (Wildman–Crippen MR) is 64.4 cm³/mol. The Kier molecular flexibility index (Phi) is 3.47. The number of carboxylic acid groups (broad SMARTS) is 1. The summed E-state index contributed by atoms with van der Waals surface area (Å²) in [5.41, 5.74) is 2.36. The first-order chi connectivity index (χ1) is 8.09. The third-order valence-corrected chi connectivity index (χ3v) is 3.22. The molecule has 0 radical (unpaired) electrons. The summed E-state index contributed by atoms with van der Waals surface area (Å²) in [5.74, 6) is -0.897. The molecule has 0 unspecified atom stereocenters. The molecule has 1 N–H and O–H groups in total. The van der Waals surface area contributed by atoms with E-state index in [2.05, 4.69) is 10.00 Å². The van der Waals surface area contributed by atoms with Crippen molar-refractivity contribution in [2.75, 3.05) is 20.6 Å². The molecule has 1 aromatic rings. The second-order valence-electron chi connectivity index (χ2n) is 4.81. The van der Waals surface area contributed by atoms with Gasteiger partial charge in [-0.05, 0) is 39.8 Å². The highest BCUT2D eigenvalue weighted by atomic mass is 16.4. The Labute approximate surface area is 101 Å². The molecule has 0 spiro atoms. The maximum Gasteiger partial charge on any atom is 0.356 e. The van der Waals surface area contributed by atoms with Crippen LogP contribution in [0.15, 0.2) is 0 Å². The van der Waals surface area contributed by atoms with Gasteiger partial charge in [0, 0.05) is 17.8 Å². The van der Waals surface area contributed by atoms with Crippen molar-refractivity contribution in [1.29, 1.82) is 0 Å². The predicted octanol–water partition coefficient (Wildman–Crippen LogP) is 1.02. The third kappa shape index (κ3) is 2.49. The molecule has 0 aliphatic heterocycles. The molecule has 0 saturated carbocycles. The number of carboxylic acids is 1. The first-order valence-electron chi connectivity index (χ1n) is 6.06. The van der Waals surface area contributed by atoms with E-state index in [0.717, 1.165) is 50.0 Å². The first kappa shape index (κ1) is 12.1. The molecule has 1 aliphatic carbocycles. The van der Waals surface area contributed by atoms with Crippen molar-refractivity contribution in [2.24, 2.45) is 0 Å². The summed E-state index contributed by atoms with van der Waals surface area (Å²) >= 11 is 0. The second-order valence-corrected chi connectivity index (χ2v) is 4.81. The molecule has 5 heteroatoms. The van der Waals surface area contributed by atoms with Crippen molar-refractivity contribution < 1.29 is 9.90 Å².